The monoisotopic (exact) mass is 191 g/mol. The van der Waals surface area contributed by atoms with Crippen LogP contribution in [0.2, 0.25) is 0 Å². The minimum Gasteiger partial charge on any atom is -0.387 e. The van der Waals surface area contributed by atoms with E-state index in [0.717, 1.165) is 18.5 Å². The van der Waals surface area contributed by atoms with Gasteiger partial charge in [0, 0.05) is 6.20 Å². The summed E-state index contributed by atoms with van der Waals surface area (Å²) >= 11 is 0. The fraction of sp³-hybridized carbons (Fsp3) is 0.583. The van der Waals surface area contributed by atoms with E-state index in [-0.39, 0.29) is 6.10 Å². The predicted octanol–water partition coefficient (Wildman–Crippen LogP) is 2.70. The third-order valence-electron chi connectivity index (χ3n) is 3.09. The average molecular weight is 191 g/mol. The summed E-state index contributed by atoms with van der Waals surface area (Å²) in [6, 6.07) is 5.74. The minimum absolute atomic E-state index is 0.350. The Bertz CT molecular complexity index is 267. The average Bonchev–Trinajstić information content (AvgIpc) is 2.30. The van der Waals surface area contributed by atoms with Crippen LogP contribution in [0.1, 0.15) is 43.9 Å². The first-order chi connectivity index (χ1) is 6.88. The molecule has 1 aromatic heterocycles. The Hall–Kier alpha value is -0.890. The number of aliphatic hydroxyl groups excluding tert-OH is 1. The predicted molar refractivity (Wildman–Crippen MR) is 55.8 cm³/mol. The van der Waals surface area contributed by atoms with Gasteiger partial charge in [0.2, 0.25) is 0 Å². The zero-order valence-electron chi connectivity index (χ0n) is 8.39. The number of rotatable bonds is 2. The molecular formula is C12H17NO. The molecule has 0 radical (unpaired) electrons. The Labute approximate surface area is 85.0 Å². The molecule has 0 unspecified atom stereocenters. The largest absolute Gasteiger partial charge is 0.387 e. The van der Waals surface area contributed by atoms with Crippen LogP contribution in [-0.2, 0) is 0 Å². The van der Waals surface area contributed by atoms with E-state index in [0.29, 0.717) is 5.92 Å². The number of nitrogens with zero attached hydrogens (tertiary/aromatic N) is 1. The first-order valence-electron chi connectivity index (χ1n) is 5.47. The van der Waals surface area contributed by atoms with Crippen LogP contribution in [0.4, 0.5) is 0 Å². The van der Waals surface area contributed by atoms with Gasteiger partial charge >= 0.3 is 0 Å². The molecule has 0 aliphatic heterocycles. The Balaban J connectivity index is 2.03. The lowest BCUT2D eigenvalue weighted by molar-refractivity contribution is 0.0811. The van der Waals surface area contributed by atoms with E-state index in [4.69, 9.17) is 0 Å². The van der Waals surface area contributed by atoms with Crippen LogP contribution in [0, 0.1) is 5.92 Å². The topological polar surface area (TPSA) is 33.1 Å². The van der Waals surface area contributed by atoms with Crippen molar-refractivity contribution < 1.29 is 5.11 Å². The molecule has 0 aromatic carbocycles. The van der Waals surface area contributed by atoms with E-state index >= 15 is 0 Å². The van der Waals surface area contributed by atoms with Gasteiger partial charge in [0.15, 0.2) is 0 Å². The Morgan fingerprint density at radius 2 is 2.00 bits per heavy atom. The molecule has 1 aromatic rings. The number of pyridine rings is 1. The zero-order valence-corrected chi connectivity index (χ0v) is 8.39. The second kappa shape index (κ2) is 4.56. The van der Waals surface area contributed by atoms with Crippen LogP contribution in [-0.4, -0.2) is 10.1 Å². The summed E-state index contributed by atoms with van der Waals surface area (Å²) in [6.45, 7) is 0. The summed E-state index contributed by atoms with van der Waals surface area (Å²) in [6.07, 6.45) is 7.54. The highest BCUT2D eigenvalue weighted by Crippen LogP contribution is 2.33. The van der Waals surface area contributed by atoms with Gasteiger partial charge in [0.1, 0.15) is 0 Å². The molecule has 76 valence electrons. The van der Waals surface area contributed by atoms with Crippen molar-refractivity contribution in [2.24, 2.45) is 5.92 Å². The summed E-state index contributed by atoms with van der Waals surface area (Å²) in [5.74, 6) is 0.429. The first kappa shape index (κ1) is 9.66. The van der Waals surface area contributed by atoms with Gasteiger partial charge in [0.25, 0.3) is 0 Å². The quantitative estimate of drug-likeness (QED) is 0.779. The molecular weight excluding hydrogens is 174 g/mol. The lowest BCUT2D eigenvalue weighted by atomic mass is 9.84. The van der Waals surface area contributed by atoms with E-state index in [1.54, 1.807) is 6.20 Å². The first-order valence-corrected chi connectivity index (χ1v) is 5.47. The van der Waals surface area contributed by atoms with Crippen LogP contribution in [0.5, 0.6) is 0 Å². The maximum atomic E-state index is 10.1. The van der Waals surface area contributed by atoms with E-state index < -0.39 is 0 Å². The molecule has 2 nitrogen and oxygen atoms in total. The molecule has 1 aliphatic carbocycles. The van der Waals surface area contributed by atoms with Crippen molar-refractivity contribution in [3.63, 3.8) is 0 Å². The fourth-order valence-electron chi connectivity index (χ4n) is 2.24. The molecule has 2 rings (SSSR count). The van der Waals surface area contributed by atoms with Gasteiger partial charge in [-0.25, -0.2) is 0 Å². The number of hydrogen-bond donors (Lipinski definition) is 1. The van der Waals surface area contributed by atoms with E-state index in [9.17, 15) is 5.11 Å². The molecule has 1 saturated carbocycles. The molecule has 14 heavy (non-hydrogen) atoms. The third-order valence-corrected chi connectivity index (χ3v) is 3.09. The highest BCUT2D eigenvalue weighted by molar-refractivity contribution is 5.07. The molecule has 1 atom stereocenters. The second-order valence-corrected chi connectivity index (χ2v) is 4.10. The smallest absolute Gasteiger partial charge is 0.0987 e. The second-order valence-electron chi connectivity index (χ2n) is 4.10. The normalized spacial score (nSPS) is 20.6. The van der Waals surface area contributed by atoms with Crippen molar-refractivity contribution in [2.75, 3.05) is 0 Å². The number of hydrogen-bond acceptors (Lipinski definition) is 2. The SMILES string of the molecule is O[C@H](c1ccccn1)C1CCCCC1. The maximum absolute atomic E-state index is 10.1. The highest BCUT2D eigenvalue weighted by atomic mass is 16.3. The van der Waals surface area contributed by atoms with Crippen LogP contribution in [0.25, 0.3) is 0 Å². The van der Waals surface area contributed by atoms with Gasteiger partial charge < -0.3 is 5.11 Å². The highest BCUT2D eigenvalue weighted by Gasteiger charge is 2.23. The van der Waals surface area contributed by atoms with Crippen LogP contribution in [0.15, 0.2) is 24.4 Å². The summed E-state index contributed by atoms with van der Waals surface area (Å²) in [5.41, 5.74) is 0.833. The third kappa shape index (κ3) is 2.13. The fourth-order valence-corrected chi connectivity index (χ4v) is 2.24. The Morgan fingerprint density at radius 1 is 1.21 bits per heavy atom. The maximum Gasteiger partial charge on any atom is 0.0987 e. The molecule has 0 amide bonds. The molecule has 0 saturated heterocycles. The van der Waals surface area contributed by atoms with Crippen molar-refractivity contribution in [1.29, 1.82) is 0 Å². The molecule has 1 fully saturated rings. The van der Waals surface area contributed by atoms with Gasteiger partial charge in [-0.1, -0.05) is 25.3 Å². The summed E-state index contributed by atoms with van der Waals surface area (Å²) in [5, 5.41) is 10.1. The van der Waals surface area contributed by atoms with Gasteiger partial charge in [-0.05, 0) is 30.9 Å². The standard InChI is InChI=1S/C12H17NO/c14-12(10-6-2-1-3-7-10)11-8-4-5-9-13-11/h4-5,8-10,12,14H,1-3,6-7H2/t12-/m0/s1. The van der Waals surface area contributed by atoms with E-state index in [2.05, 4.69) is 4.98 Å². The zero-order chi connectivity index (χ0) is 9.80. The van der Waals surface area contributed by atoms with E-state index in [1.807, 2.05) is 18.2 Å². The lowest BCUT2D eigenvalue weighted by Crippen LogP contribution is -2.16. The molecule has 1 N–H and O–H groups in total. The summed E-state index contributed by atoms with van der Waals surface area (Å²) < 4.78 is 0. The van der Waals surface area contributed by atoms with Gasteiger partial charge in [-0.15, -0.1) is 0 Å². The van der Waals surface area contributed by atoms with Crippen LogP contribution in [0.3, 0.4) is 0 Å². The Kier molecular flexibility index (Phi) is 3.14. The van der Waals surface area contributed by atoms with Crippen LogP contribution < -0.4 is 0 Å². The van der Waals surface area contributed by atoms with Crippen molar-refractivity contribution in [1.82, 2.24) is 4.98 Å². The summed E-state index contributed by atoms with van der Waals surface area (Å²) in [7, 11) is 0. The van der Waals surface area contributed by atoms with Crippen molar-refractivity contribution in [3.8, 4) is 0 Å². The minimum atomic E-state index is -0.350. The van der Waals surface area contributed by atoms with Crippen molar-refractivity contribution in [2.45, 2.75) is 38.2 Å². The Morgan fingerprint density at radius 3 is 2.64 bits per heavy atom. The van der Waals surface area contributed by atoms with E-state index in [1.165, 1.54) is 19.3 Å². The number of aromatic nitrogens is 1. The molecule has 2 heteroatoms. The molecule has 1 heterocycles. The van der Waals surface area contributed by atoms with Crippen molar-refractivity contribution >= 4 is 0 Å². The lowest BCUT2D eigenvalue weighted by Gasteiger charge is -2.25. The van der Waals surface area contributed by atoms with Crippen molar-refractivity contribution in [3.05, 3.63) is 30.1 Å². The molecule has 0 spiro atoms. The molecule has 0 bridgehead atoms. The summed E-state index contributed by atoms with van der Waals surface area (Å²) in [4.78, 5) is 4.20. The van der Waals surface area contributed by atoms with Gasteiger partial charge in [-0.2, -0.15) is 0 Å². The van der Waals surface area contributed by atoms with Crippen LogP contribution >= 0.6 is 0 Å². The number of aliphatic hydroxyl groups is 1. The van der Waals surface area contributed by atoms with Gasteiger partial charge in [-0.3, -0.25) is 4.98 Å². The van der Waals surface area contributed by atoms with Gasteiger partial charge in [0.05, 0.1) is 11.8 Å². The molecule has 1 aliphatic rings.